The summed E-state index contributed by atoms with van der Waals surface area (Å²) >= 11 is 11.8. The molecule has 8 nitrogen and oxygen atoms in total. The van der Waals surface area contributed by atoms with Gasteiger partial charge in [-0.2, -0.15) is 0 Å². The number of carbonyl (C=O) groups excluding carboxylic acids is 2. The van der Waals surface area contributed by atoms with Gasteiger partial charge in [-0.05, 0) is 19.9 Å². The third kappa shape index (κ3) is 3.80. The summed E-state index contributed by atoms with van der Waals surface area (Å²) in [6.45, 7) is 2.94. The van der Waals surface area contributed by atoms with Crippen LogP contribution in [0.15, 0.2) is 18.2 Å². The summed E-state index contributed by atoms with van der Waals surface area (Å²) in [5.74, 6) is -1.19. The maximum absolute atomic E-state index is 12.2. The Kier molecular flexibility index (Phi) is 5.15. The Morgan fingerprint density at radius 2 is 2.00 bits per heavy atom. The van der Waals surface area contributed by atoms with Crippen molar-refractivity contribution in [2.75, 3.05) is 12.4 Å². The first-order valence-electron chi connectivity index (χ1n) is 7.24. The predicted octanol–water partition coefficient (Wildman–Crippen LogP) is 3.06. The highest BCUT2D eigenvalue weighted by molar-refractivity contribution is 6.53. The lowest BCUT2D eigenvalue weighted by Crippen LogP contribution is -2.33. The number of nitrogens with zero attached hydrogens (tertiary/aromatic N) is 1. The minimum Gasteiger partial charge on any atom is -0.494 e. The van der Waals surface area contributed by atoms with Gasteiger partial charge < -0.3 is 14.8 Å². The molecule has 1 aliphatic rings. The molecule has 1 amide bonds. The Hall–Kier alpha value is -2.06. The van der Waals surface area contributed by atoms with Gasteiger partial charge in [0, 0.05) is 12.5 Å². The lowest BCUT2D eigenvalue weighted by atomic mass is 10.1. The number of benzene rings is 1. The van der Waals surface area contributed by atoms with Crippen molar-refractivity contribution >= 4 is 46.5 Å². The molecule has 0 aromatic heterocycles. The third-order valence-corrected chi connectivity index (χ3v) is 5.12. The number of anilines is 1. The fourth-order valence-electron chi connectivity index (χ4n) is 2.10. The van der Waals surface area contributed by atoms with Crippen molar-refractivity contribution < 1.29 is 24.0 Å². The second-order valence-corrected chi connectivity index (χ2v) is 7.38. The van der Waals surface area contributed by atoms with Crippen LogP contribution >= 0.6 is 23.2 Å². The molecule has 1 saturated carbocycles. The monoisotopic (exact) mass is 390 g/mol. The Labute approximate surface area is 153 Å². The van der Waals surface area contributed by atoms with Crippen LogP contribution in [-0.2, 0) is 14.3 Å². The Morgan fingerprint density at radius 3 is 2.48 bits per heavy atom. The second kappa shape index (κ2) is 6.68. The topological polar surface area (TPSA) is 108 Å². The maximum atomic E-state index is 12.2. The van der Waals surface area contributed by atoms with Crippen molar-refractivity contribution in [2.24, 2.45) is 5.41 Å². The fourth-order valence-corrected chi connectivity index (χ4v) is 2.79. The smallest absolute Gasteiger partial charge is 0.315 e. The van der Waals surface area contributed by atoms with E-state index in [9.17, 15) is 19.7 Å². The number of hydrogen-bond acceptors (Lipinski definition) is 6. The van der Waals surface area contributed by atoms with Crippen molar-refractivity contribution in [3.63, 3.8) is 0 Å². The summed E-state index contributed by atoms with van der Waals surface area (Å²) in [5, 5.41) is 13.3. The van der Waals surface area contributed by atoms with Gasteiger partial charge in [0.25, 0.3) is 11.6 Å². The van der Waals surface area contributed by atoms with Crippen LogP contribution in [-0.4, -0.2) is 34.3 Å². The lowest BCUT2D eigenvalue weighted by molar-refractivity contribution is -0.384. The number of methoxy groups -OCH3 is 1. The number of nitrogens with one attached hydrogen (secondary N) is 1. The molecule has 10 heteroatoms. The van der Waals surface area contributed by atoms with E-state index in [2.05, 4.69) is 5.32 Å². The van der Waals surface area contributed by atoms with Crippen LogP contribution < -0.4 is 10.1 Å². The maximum Gasteiger partial charge on any atom is 0.315 e. The van der Waals surface area contributed by atoms with Crippen LogP contribution in [0.25, 0.3) is 0 Å². The molecule has 2 atom stereocenters. The second-order valence-electron chi connectivity index (χ2n) is 5.89. The molecule has 136 valence electrons. The number of nitro benzene ring substituents is 1. The molecular formula is C15H16Cl2N2O6. The average molecular weight is 391 g/mol. The van der Waals surface area contributed by atoms with Crippen molar-refractivity contribution in [1.82, 2.24) is 0 Å². The quantitative estimate of drug-likeness (QED) is 0.346. The highest BCUT2D eigenvalue weighted by atomic mass is 35.5. The van der Waals surface area contributed by atoms with E-state index in [-0.39, 0.29) is 23.5 Å². The molecular weight excluding hydrogens is 375 g/mol. The molecule has 0 saturated heterocycles. The van der Waals surface area contributed by atoms with Gasteiger partial charge in [-0.15, -0.1) is 23.2 Å². The molecule has 25 heavy (non-hydrogen) atoms. The van der Waals surface area contributed by atoms with Gasteiger partial charge >= 0.3 is 5.97 Å². The van der Waals surface area contributed by atoms with E-state index in [1.165, 1.54) is 32.2 Å². The van der Waals surface area contributed by atoms with E-state index >= 15 is 0 Å². The number of nitro groups is 1. The first-order chi connectivity index (χ1) is 11.5. The van der Waals surface area contributed by atoms with E-state index in [1.807, 2.05) is 0 Å². The molecule has 0 aliphatic heterocycles. The van der Waals surface area contributed by atoms with Crippen LogP contribution in [0.2, 0.25) is 0 Å². The number of non-ortho nitro benzene ring substituents is 1. The predicted molar refractivity (Wildman–Crippen MR) is 91.0 cm³/mol. The third-order valence-electron chi connectivity index (χ3n) is 4.02. The number of rotatable bonds is 6. The van der Waals surface area contributed by atoms with E-state index in [4.69, 9.17) is 32.7 Å². The minimum atomic E-state index is -1.19. The van der Waals surface area contributed by atoms with Gasteiger partial charge in [0.1, 0.15) is 15.5 Å². The summed E-state index contributed by atoms with van der Waals surface area (Å²) < 4.78 is 8.95. The van der Waals surface area contributed by atoms with Gasteiger partial charge in [-0.3, -0.25) is 19.7 Å². The number of carbonyl (C=O) groups is 2. The summed E-state index contributed by atoms with van der Waals surface area (Å²) in [7, 11) is 1.31. The zero-order valence-corrected chi connectivity index (χ0v) is 15.2. The van der Waals surface area contributed by atoms with Crippen molar-refractivity contribution in [3.05, 3.63) is 28.3 Å². The molecule has 0 heterocycles. The molecule has 1 N–H and O–H groups in total. The van der Waals surface area contributed by atoms with E-state index in [1.54, 1.807) is 6.92 Å². The molecule has 0 spiro atoms. The van der Waals surface area contributed by atoms with Gasteiger partial charge in [-0.25, -0.2) is 0 Å². The first kappa shape index (κ1) is 19.3. The normalized spacial score (nSPS) is 21.8. The zero-order chi connectivity index (χ0) is 19.0. The summed E-state index contributed by atoms with van der Waals surface area (Å²) in [4.78, 5) is 34.5. The number of ether oxygens (including phenoxy) is 2. The van der Waals surface area contributed by atoms with Crippen LogP contribution in [0, 0.1) is 15.5 Å². The molecule has 1 aromatic rings. The van der Waals surface area contributed by atoms with Gasteiger partial charge in [0.15, 0.2) is 6.10 Å². The highest BCUT2D eigenvalue weighted by Crippen LogP contribution is 2.64. The Morgan fingerprint density at radius 1 is 1.40 bits per heavy atom. The number of esters is 1. The molecule has 1 fully saturated rings. The van der Waals surface area contributed by atoms with Crippen LogP contribution in [0.4, 0.5) is 11.4 Å². The van der Waals surface area contributed by atoms with Crippen molar-refractivity contribution in [2.45, 2.75) is 30.7 Å². The standard InChI is InChI=1S/C15H16Cl2N2O6/c1-8(25-13(21)14(2)7-15(14,16)17)12(20)18-10-5-4-9(19(22)23)6-11(10)24-3/h4-6,8H,7H2,1-3H3,(H,18,20)/t8-,14-/m1/s1. The highest BCUT2D eigenvalue weighted by Gasteiger charge is 2.69. The number of amides is 1. The first-order valence-corrected chi connectivity index (χ1v) is 7.99. The SMILES string of the molecule is COc1cc([N+](=O)[O-])ccc1NC(=O)[C@@H](C)OC(=O)[C@@]1(C)CC1(Cl)Cl. The number of hydrogen-bond donors (Lipinski definition) is 1. The van der Waals surface area contributed by atoms with E-state index in [0.29, 0.717) is 0 Å². The number of halogens is 2. The Bertz CT molecular complexity index is 739. The largest absolute Gasteiger partial charge is 0.494 e. The molecule has 2 rings (SSSR count). The minimum absolute atomic E-state index is 0.107. The molecule has 0 radical (unpaired) electrons. The Balaban J connectivity index is 2.04. The summed E-state index contributed by atoms with van der Waals surface area (Å²) in [6, 6.07) is 3.72. The average Bonchev–Trinajstić information content (AvgIpc) is 3.06. The van der Waals surface area contributed by atoms with E-state index in [0.717, 1.165) is 0 Å². The van der Waals surface area contributed by atoms with Crippen molar-refractivity contribution in [1.29, 1.82) is 0 Å². The molecule has 1 aliphatic carbocycles. The van der Waals surface area contributed by atoms with Crippen molar-refractivity contribution in [3.8, 4) is 5.75 Å². The number of alkyl halides is 2. The van der Waals surface area contributed by atoms with Crippen LogP contribution in [0.1, 0.15) is 20.3 Å². The molecule has 0 unspecified atom stereocenters. The van der Waals surface area contributed by atoms with E-state index < -0.39 is 32.7 Å². The van der Waals surface area contributed by atoms with Crippen LogP contribution in [0.3, 0.4) is 0 Å². The summed E-state index contributed by atoms with van der Waals surface area (Å²) in [5.41, 5.74) is -1.02. The summed E-state index contributed by atoms with van der Waals surface area (Å²) in [6.07, 6.45) is -0.874. The van der Waals surface area contributed by atoms with Gasteiger partial charge in [-0.1, -0.05) is 0 Å². The lowest BCUT2D eigenvalue weighted by Gasteiger charge is -2.18. The molecule has 0 bridgehead atoms. The fraction of sp³-hybridized carbons (Fsp3) is 0.467. The van der Waals surface area contributed by atoms with Gasteiger partial charge in [0.05, 0.1) is 23.8 Å². The molecule has 1 aromatic carbocycles. The van der Waals surface area contributed by atoms with Gasteiger partial charge in [0.2, 0.25) is 0 Å². The zero-order valence-electron chi connectivity index (χ0n) is 13.7. The van der Waals surface area contributed by atoms with Crippen LogP contribution in [0.5, 0.6) is 5.75 Å².